The predicted octanol–water partition coefficient (Wildman–Crippen LogP) is 2.10. The van der Waals surface area contributed by atoms with Crippen molar-refractivity contribution in [2.45, 2.75) is 45.2 Å². The summed E-state index contributed by atoms with van der Waals surface area (Å²) in [6.07, 6.45) is 5.11. The minimum Gasteiger partial charge on any atom is -0.334 e. The number of nitrogens with one attached hydrogen (secondary N) is 1. The lowest BCUT2D eigenvalue weighted by Gasteiger charge is -2.29. The molecule has 0 radical (unpaired) electrons. The molecule has 0 aliphatic carbocycles. The number of unbranched alkanes of at least 4 members (excludes halogenated alkanes) is 1. The zero-order valence-electron chi connectivity index (χ0n) is 9.81. The van der Waals surface area contributed by atoms with Crippen LogP contribution in [-0.4, -0.2) is 11.6 Å². The van der Waals surface area contributed by atoms with E-state index in [1.807, 2.05) is 0 Å². The lowest BCUT2D eigenvalue weighted by molar-refractivity contribution is -0.119. The maximum atomic E-state index is 11.5. The first kappa shape index (κ1) is 13.9. The van der Waals surface area contributed by atoms with Crippen LogP contribution >= 0.6 is 0 Å². The molecular formula is C12H22N2O. The Labute approximate surface area is 92.4 Å². The third-order valence-electron chi connectivity index (χ3n) is 2.24. The van der Waals surface area contributed by atoms with Crippen LogP contribution in [0.2, 0.25) is 0 Å². The minimum atomic E-state index is -0.673. The fourth-order valence-electron chi connectivity index (χ4n) is 1.30. The Balaban J connectivity index is 4.41. The molecule has 0 aromatic heterocycles. The number of hydrogen-bond donors (Lipinski definition) is 2. The van der Waals surface area contributed by atoms with Gasteiger partial charge < -0.3 is 11.1 Å². The molecule has 1 unspecified atom stereocenters. The maximum absolute atomic E-state index is 11.5. The Morgan fingerprint density at radius 3 is 2.60 bits per heavy atom. The van der Waals surface area contributed by atoms with E-state index in [0.717, 1.165) is 19.3 Å². The van der Waals surface area contributed by atoms with Crippen molar-refractivity contribution < 1.29 is 4.79 Å². The third kappa shape index (κ3) is 5.37. The quantitative estimate of drug-likeness (QED) is 0.384. The molecule has 86 valence electrons. The topological polar surface area (TPSA) is 55.1 Å². The standard InChI is InChI=1S/C12H22N2O/c1-5-7-9-12(13,8-6-2)14-11(15)10(3)4/h6H,2-3,5,7-9,13H2,1,4H3,(H,14,15). The van der Waals surface area contributed by atoms with Crippen LogP contribution in [0.1, 0.15) is 39.5 Å². The molecule has 0 rings (SSSR count). The normalized spacial score (nSPS) is 14.1. The van der Waals surface area contributed by atoms with Gasteiger partial charge in [-0.25, -0.2) is 0 Å². The van der Waals surface area contributed by atoms with Crippen molar-refractivity contribution in [2.75, 3.05) is 0 Å². The highest BCUT2D eigenvalue weighted by Crippen LogP contribution is 2.13. The van der Waals surface area contributed by atoms with Gasteiger partial charge in [0.2, 0.25) is 5.91 Å². The average molecular weight is 210 g/mol. The second-order valence-electron chi connectivity index (χ2n) is 3.99. The first-order valence-corrected chi connectivity index (χ1v) is 5.33. The van der Waals surface area contributed by atoms with Crippen molar-refractivity contribution in [2.24, 2.45) is 5.73 Å². The Morgan fingerprint density at radius 1 is 1.60 bits per heavy atom. The maximum Gasteiger partial charge on any atom is 0.247 e. The van der Waals surface area contributed by atoms with E-state index in [1.54, 1.807) is 13.0 Å². The number of amides is 1. The summed E-state index contributed by atoms with van der Waals surface area (Å²) in [6, 6.07) is 0. The van der Waals surface area contributed by atoms with Crippen molar-refractivity contribution in [3.8, 4) is 0 Å². The monoisotopic (exact) mass is 210 g/mol. The van der Waals surface area contributed by atoms with Crippen LogP contribution in [0.25, 0.3) is 0 Å². The Kier molecular flexibility index (Phi) is 5.94. The summed E-state index contributed by atoms with van der Waals surface area (Å²) in [4.78, 5) is 11.5. The number of hydrogen-bond acceptors (Lipinski definition) is 2. The second-order valence-corrected chi connectivity index (χ2v) is 3.99. The van der Waals surface area contributed by atoms with Crippen molar-refractivity contribution in [3.63, 3.8) is 0 Å². The fourth-order valence-corrected chi connectivity index (χ4v) is 1.30. The van der Waals surface area contributed by atoms with Crippen molar-refractivity contribution in [3.05, 3.63) is 24.8 Å². The molecule has 0 fully saturated rings. The Hall–Kier alpha value is -1.09. The summed E-state index contributed by atoms with van der Waals surface area (Å²) >= 11 is 0. The van der Waals surface area contributed by atoms with Crippen LogP contribution in [0.3, 0.4) is 0 Å². The SMILES string of the molecule is C=CCC(N)(CCCC)NC(=O)C(=C)C. The van der Waals surface area contributed by atoms with Crippen LogP contribution in [-0.2, 0) is 4.79 Å². The van der Waals surface area contributed by atoms with Crippen LogP contribution in [0.4, 0.5) is 0 Å². The minimum absolute atomic E-state index is 0.185. The first-order valence-electron chi connectivity index (χ1n) is 5.33. The molecule has 0 bridgehead atoms. The molecule has 0 aromatic rings. The zero-order chi connectivity index (χ0) is 11.9. The molecule has 0 saturated carbocycles. The average Bonchev–Trinajstić information content (AvgIpc) is 2.15. The van der Waals surface area contributed by atoms with Gasteiger partial charge in [-0.05, 0) is 13.3 Å². The van der Waals surface area contributed by atoms with Gasteiger partial charge in [0.15, 0.2) is 0 Å². The highest BCUT2D eigenvalue weighted by atomic mass is 16.1. The van der Waals surface area contributed by atoms with Crippen LogP contribution < -0.4 is 11.1 Å². The molecule has 0 aliphatic rings. The van der Waals surface area contributed by atoms with Crippen molar-refractivity contribution in [1.29, 1.82) is 0 Å². The van der Waals surface area contributed by atoms with Gasteiger partial charge in [-0.15, -0.1) is 6.58 Å². The van der Waals surface area contributed by atoms with E-state index in [1.165, 1.54) is 0 Å². The Morgan fingerprint density at radius 2 is 2.20 bits per heavy atom. The molecule has 15 heavy (non-hydrogen) atoms. The summed E-state index contributed by atoms with van der Waals surface area (Å²) in [5.74, 6) is -0.185. The van der Waals surface area contributed by atoms with Gasteiger partial charge in [0.05, 0.1) is 5.66 Å². The molecule has 3 N–H and O–H groups in total. The van der Waals surface area contributed by atoms with E-state index in [9.17, 15) is 4.79 Å². The molecule has 1 atom stereocenters. The van der Waals surface area contributed by atoms with Crippen LogP contribution in [0, 0.1) is 0 Å². The molecule has 0 saturated heterocycles. The molecule has 0 heterocycles. The van der Waals surface area contributed by atoms with Gasteiger partial charge in [0, 0.05) is 12.0 Å². The molecule has 0 aromatic carbocycles. The number of carbonyl (C=O) groups is 1. The third-order valence-corrected chi connectivity index (χ3v) is 2.24. The molecule has 1 amide bonds. The predicted molar refractivity (Wildman–Crippen MR) is 64.2 cm³/mol. The lowest BCUT2D eigenvalue weighted by atomic mass is 9.99. The van der Waals surface area contributed by atoms with Crippen LogP contribution in [0.15, 0.2) is 24.8 Å². The summed E-state index contributed by atoms with van der Waals surface area (Å²) < 4.78 is 0. The number of carbonyl (C=O) groups excluding carboxylic acids is 1. The van der Waals surface area contributed by atoms with Gasteiger partial charge in [0.25, 0.3) is 0 Å². The van der Waals surface area contributed by atoms with E-state index in [2.05, 4.69) is 25.4 Å². The highest BCUT2D eigenvalue weighted by molar-refractivity contribution is 5.92. The molecular weight excluding hydrogens is 188 g/mol. The lowest BCUT2D eigenvalue weighted by Crippen LogP contribution is -2.55. The fraction of sp³-hybridized carbons (Fsp3) is 0.583. The van der Waals surface area contributed by atoms with Gasteiger partial charge in [-0.3, -0.25) is 4.79 Å². The number of rotatable bonds is 7. The Bertz CT molecular complexity index is 248. The van der Waals surface area contributed by atoms with E-state index >= 15 is 0 Å². The van der Waals surface area contributed by atoms with Gasteiger partial charge >= 0.3 is 0 Å². The largest absolute Gasteiger partial charge is 0.334 e. The summed E-state index contributed by atoms with van der Waals surface area (Å²) in [7, 11) is 0. The van der Waals surface area contributed by atoms with Gasteiger partial charge in [0.1, 0.15) is 0 Å². The molecule has 0 spiro atoms. The molecule has 3 heteroatoms. The van der Waals surface area contributed by atoms with Crippen molar-refractivity contribution in [1.82, 2.24) is 5.32 Å². The first-order chi connectivity index (χ1) is 6.95. The number of nitrogens with two attached hydrogens (primary N) is 1. The summed E-state index contributed by atoms with van der Waals surface area (Å²) in [5, 5.41) is 2.80. The molecule has 3 nitrogen and oxygen atoms in total. The molecule has 0 aliphatic heterocycles. The van der Waals surface area contributed by atoms with Gasteiger partial charge in [-0.2, -0.15) is 0 Å². The van der Waals surface area contributed by atoms with E-state index in [-0.39, 0.29) is 5.91 Å². The van der Waals surface area contributed by atoms with E-state index in [0.29, 0.717) is 12.0 Å². The van der Waals surface area contributed by atoms with Crippen LogP contribution in [0.5, 0.6) is 0 Å². The summed E-state index contributed by atoms with van der Waals surface area (Å²) in [6.45, 7) is 11.0. The van der Waals surface area contributed by atoms with Crippen molar-refractivity contribution >= 4 is 5.91 Å². The second kappa shape index (κ2) is 6.40. The van der Waals surface area contributed by atoms with E-state index in [4.69, 9.17) is 5.73 Å². The summed E-state index contributed by atoms with van der Waals surface area (Å²) in [5.41, 5.74) is 5.89. The van der Waals surface area contributed by atoms with Gasteiger partial charge in [-0.1, -0.05) is 32.4 Å². The highest BCUT2D eigenvalue weighted by Gasteiger charge is 2.24. The zero-order valence-corrected chi connectivity index (χ0v) is 9.81. The smallest absolute Gasteiger partial charge is 0.247 e. The van der Waals surface area contributed by atoms with E-state index < -0.39 is 5.66 Å².